The van der Waals surface area contributed by atoms with Crippen molar-refractivity contribution in [3.05, 3.63) is 35.5 Å². The molecule has 0 N–H and O–H groups in total. The first-order chi connectivity index (χ1) is 9.69. The van der Waals surface area contributed by atoms with Crippen molar-refractivity contribution in [1.82, 2.24) is 4.98 Å². The summed E-state index contributed by atoms with van der Waals surface area (Å²) in [6, 6.07) is 8.39. The molecule has 4 heteroatoms. The van der Waals surface area contributed by atoms with Crippen LogP contribution in [0.2, 0.25) is 0 Å². The molecule has 2 heterocycles. The summed E-state index contributed by atoms with van der Waals surface area (Å²) in [5.74, 6) is 0. The van der Waals surface area contributed by atoms with Gasteiger partial charge in [-0.1, -0.05) is 12.1 Å². The third-order valence-corrected chi connectivity index (χ3v) is 4.72. The molecule has 0 saturated carbocycles. The molecule has 21 heavy (non-hydrogen) atoms. The molecule has 0 radical (unpaired) electrons. The van der Waals surface area contributed by atoms with E-state index in [0.29, 0.717) is 0 Å². The molecule has 0 atom stereocenters. The van der Waals surface area contributed by atoms with Gasteiger partial charge in [0.05, 0.1) is 16.7 Å². The van der Waals surface area contributed by atoms with E-state index in [1.807, 2.05) is 13.0 Å². The summed E-state index contributed by atoms with van der Waals surface area (Å²) in [6.07, 6.45) is 0. The van der Waals surface area contributed by atoms with Crippen LogP contribution in [0.25, 0.3) is 10.9 Å². The molecule has 0 unspecified atom stereocenters. The van der Waals surface area contributed by atoms with Crippen LogP contribution in [0.4, 0.5) is 0 Å². The van der Waals surface area contributed by atoms with Crippen molar-refractivity contribution >= 4 is 23.5 Å². The van der Waals surface area contributed by atoms with Gasteiger partial charge in [0.2, 0.25) is 0 Å². The lowest BCUT2D eigenvalue weighted by Gasteiger charge is -2.32. The quantitative estimate of drug-likeness (QED) is 0.753. The molecule has 1 fully saturated rings. The average Bonchev–Trinajstić information content (AvgIpc) is 2.57. The summed E-state index contributed by atoms with van der Waals surface area (Å²) in [5.41, 5.74) is 3.67. The van der Waals surface area contributed by atoms with Gasteiger partial charge in [0, 0.05) is 5.69 Å². The van der Waals surface area contributed by atoms with Gasteiger partial charge >= 0.3 is 7.12 Å². The van der Waals surface area contributed by atoms with E-state index >= 15 is 0 Å². The average molecular weight is 283 g/mol. The maximum Gasteiger partial charge on any atom is 0.495 e. The van der Waals surface area contributed by atoms with Gasteiger partial charge in [0.15, 0.2) is 0 Å². The maximum absolute atomic E-state index is 6.16. The van der Waals surface area contributed by atoms with Gasteiger partial charge < -0.3 is 9.31 Å². The summed E-state index contributed by atoms with van der Waals surface area (Å²) in [4.78, 5) is 4.58. The van der Waals surface area contributed by atoms with Gasteiger partial charge in [-0.15, -0.1) is 0 Å². The van der Waals surface area contributed by atoms with Crippen LogP contribution in [0, 0.1) is 13.8 Å². The molecule has 0 aliphatic carbocycles. The molecule has 1 aromatic heterocycles. The Morgan fingerprint density at radius 2 is 1.57 bits per heavy atom. The van der Waals surface area contributed by atoms with E-state index in [1.165, 1.54) is 0 Å². The minimum absolute atomic E-state index is 0.315. The van der Waals surface area contributed by atoms with Crippen molar-refractivity contribution in [2.45, 2.75) is 52.7 Å². The van der Waals surface area contributed by atoms with E-state index in [-0.39, 0.29) is 18.3 Å². The molecule has 2 aromatic rings. The third-order valence-electron chi connectivity index (χ3n) is 4.72. The van der Waals surface area contributed by atoms with E-state index < -0.39 is 0 Å². The van der Waals surface area contributed by atoms with Crippen molar-refractivity contribution in [2.75, 3.05) is 0 Å². The number of pyridine rings is 1. The first-order valence-electron chi connectivity index (χ1n) is 7.43. The fourth-order valence-electron chi connectivity index (χ4n) is 2.62. The Morgan fingerprint density at radius 1 is 0.952 bits per heavy atom. The van der Waals surface area contributed by atoms with Crippen molar-refractivity contribution in [1.29, 1.82) is 0 Å². The lowest BCUT2D eigenvalue weighted by molar-refractivity contribution is 0.00578. The molecule has 1 saturated heterocycles. The molecule has 110 valence electrons. The molecule has 3 rings (SSSR count). The summed E-state index contributed by atoms with van der Waals surface area (Å²) >= 11 is 0. The lowest BCUT2D eigenvalue weighted by Crippen LogP contribution is -2.41. The Balaban J connectivity index is 2.06. The van der Waals surface area contributed by atoms with Crippen LogP contribution < -0.4 is 5.46 Å². The number of hydrogen-bond donors (Lipinski definition) is 0. The number of nitrogens with zero attached hydrogens (tertiary/aromatic N) is 1. The highest BCUT2D eigenvalue weighted by molar-refractivity contribution is 6.63. The van der Waals surface area contributed by atoms with Crippen LogP contribution in [0.3, 0.4) is 0 Å². The highest BCUT2D eigenvalue weighted by Gasteiger charge is 2.52. The van der Waals surface area contributed by atoms with Crippen molar-refractivity contribution in [2.24, 2.45) is 0 Å². The maximum atomic E-state index is 6.16. The van der Waals surface area contributed by atoms with Crippen LogP contribution in [0.15, 0.2) is 24.3 Å². The van der Waals surface area contributed by atoms with Crippen LogP contribution in [0.5, 0.6) is 0 Å². The Bertz CT molecular complexity index is 693. The molecule has 1 aromatic carbocycles. The molecule has 1 aliphatic rings. The molecular weight excluding hydrogens is 261 g/mol. The summed E-state index contributed by atoms with van der Waals surface area (Å²) < 4.78 is 12.3. The summed E-state index contributed by atoms with van der Waals surface area (Å²) in [7, 11) is -0.319. The predicted molar refractivity (Wildman–Crippen MR) is 86.9 cm³/mol. The molecule has 1 aliphatic heterocycles. The molecule has 0 amide bonds. The Hall–Kier alpha value is -1.39. The van der Waals surface area contributed by atoms with E-state index in [4.69, 9.17) is 9.31 Å². The van der Waals surface area contributed by atoms with Gasteiger partial charge in [0.1, 0.15) is 0 Å². The minimum atomic E-state index is -0.319. The highest BCUT2D eigenvalue weighted by atomic mass is 16.7. The van der Waals surface area contributed by atoms with Crippen molar-refractivity contribution < 1.29 is 9.31 Å². The monoisotopic (exact) mass is 283 g/mol. The number of aryl methyl sites for hydroxylation is 2. The van der Waals surface area contributed by atoms with Crippen molar-refractivity contribution in [3.8, 4) is 0 Å². The minimum Gasteiger partial charge on any atom is -0.399 e. The summed E-state index contributed by atoms with van der Waals surface area (Å²) in [5, 5.41) is 1.12. The fraction of sp³-hybridized carbons (Fsp3) is 0.471. The Labute approximate surface area is 126 Å². The van der Waals surface area contributed by atoms with Gasteiger partial charge in [0.25, 0.3) is 0 Å². The highest BCUT2D eigenvalue weighted by Crippen LogP contribution is 2.36. The molecular formula is C17H22BNO2. The number of rotatable bonds is 1. The SMILES string of the molecule is Cc1ccc2cc(B3OC(C)(C)C(C)(C)O3)c(C)cc2n1. The van der Waals surface area contributed by atoms with E-state index in [9.17, 15) is 0 Å². The molecule has 0 bridgehead atoms. The van der Waals surface area contributed by atoms with E-state index in [1.54, 1.807) is 0 Å². The largest absolute Gasteiger partial charge is 0.495 e. The predicted octanol–water partition coefficient (Wildman–Crippen LogP) is 3.15. The fourth-order valence-corrected chi connectivity index (χ4v) is 2.62. The second-order valence-electron chi connectivity index (χ2n) is 6.94. The Kier molecular flexibility index (Phi) is 3.15. The van der Waals surface area contributed by atoms with Crippen LogP contribution >= 0.6 is 0 Å². The van der Waals surface area contributed by atoms with E-state index in [2.05, 4.69) is 57.8 Å². The Morgan fingerprint density at radius 3 is 2.19 bits per heavy atom. The smallest absolute Gasteiger partial charge is 0.399 e. The number of fused-ring (bicyclic) bond motifs is 1. The van der Waals surface area contributed by atoms with E-state index in [0.717, 1.165) is 27.6 Å². The zero-order valence-corrected chi connectivity index (χ0v) is 13.7. The van der Waals surface area contributed by atoms with Crippen LogP contribution in [-0.4, -0.2) is 23.3 Å². The zero-order valence-electron chi connectivity index (χ0n) is 13.7. The summed E-state index contributed by atoms with van der Waals surface area (Å²) in [6.45, 7) is 12.4. The number of aromatic nitrogens is 1. The lowest BCUT2D eigenvalue weighted by atomic mass is 9.75. The topological polar surface area (TPSA) is 31.4 Å². The van der Waals surface area contributed by atoms with Crippen LogP contribution in [0.1, 0.15) is 39.0 Å². The van der Waals surface area contributed by atoms with Crippen LogP contribution in [-0.2, 0) is 9.31 Å². The standard InChI is InChI=1S/C17H22BNO2/c1-11-9-15-13(8-7-12(2)19-15)10-14(11)18-20-16(3,4)17(5,6)21-18/h7-10H,1-6H3. The van der Waals surface area contributed by atoms with Gasteiger partial charge in [-0.25, -0.2) is 0 Å². The molecule has 0 spiro atoms. The number of benzene rings is 1. The van der Waals surface area contributed by atoms with Gasteiger partial charge in [-0.2, -0.15) is 0 Å². The second-order valence-corrected chi connectivity index (χ2v) is 6.94. The van der Waals surface area contributed by atoms with Crippen molar-refractivity contribution in [3.63, 3.8) is 0 Å². The first-order valence-corrected chi connectivity index (χ1v) is 7.43. The second kappa shape index (κ2) is 4.55. The normalized spacial score (nSPS) is 20.2. The molecule has 3 nitrogen and oxygen atoms in total. The van der Waals surface area contributed by atoms with Gasteiger partial charge in [-0.3, -0.25) is 4.98 Å². The number of hydrogen-bond acceptors (Lipinski definition) is 3. The third kappa shape index (κ3) is 2.36. The first kappa shape index (κ1) is 14.5. The van der Waals surface area contributed by atoms with Gasteiger partial charge in [-0.05, 0) is 70.1 Å². The zero-order chi connectivity index (χ0) is 15.4.